The minimum atomic E-state index is -4.97. The number of fused-ring (bicyclic) bond motifs is 4. The summed E-state index contributed by atoms with van der Waals surface area (Å²) in [4.78, 5) is 6.80. The third-order valence-electron chi connectivity index (χ3n) is 7.99. The van der Waals surface area contributed by atoms with Gasteiger partial charge in [-0.2, -0.15) is 26.3 Å². The summed E-state index contributed by atoms with van der Waals surface area (Å²) < 4.78 is 86.0. The standard InChI is InChI=1S/C29H28F6N4OS/c1-3-16-15-39-9-7-17(16)10-25(39)26(22-6-8-36-24-5-4-21(40-2)14-23(22)24)38-27(41)37-20-12-18(28(30,31)32)11-19(13-20)29(33,34)35/h3-6,8,11-14,16-17,25-26H,1,7,9-10,15H2,2H3,(H2,37,38,41)/t16-,17+,25+,26-/m1/s1. The Labute approximate surface area is 238 Å². The number of hydrogen-bond acceptors (Lipinski definition) is 4. The summed E-state index contributed by atoms with van der Waals surface area (Å²) in [6.45, 7) is 5.63. The van der Waals surface area contributed by atoms with E-state index in [9.17, 15) is 26.3 Å². The first kappa shape index (κ1) is 29.1. The molecule has 2 aromatic carbocycles. The number of hydrogen-bond donors (Lipinski definition) is 2. The number of nitrogens with one attached hydrogen (secondary N) is 2. The van der Waals surface area contributed by atoms with Crippen LogP contribution in [0.5, 0.6) is 5.75 Å². The molecular weight excluding hydrogens is 566 g/mol. The number of piperidine rings is 3. The summed E-state index contributed by atoms with van der Waals surface area (Å²) in [5.74, 6) is 1.35. The summed E-state index contributed by atoms with van der Waals surface area (Å²) in [6.07, 6.45) is -4.48. The Morgan fingerprint density at radius 2 is 1.80 bits per heavy atom. The van der Waals surface area contributed by atoms with Gasteiger partial charge in [-0.25, -0.2) is 0 Å². The van der Waals surface area contributed by atoms with E-state index in [0.717, 1.165) is 36.9 Å². The lowest BCUT2D eigenvalue weighted by Crippen LogP contribution is -2.57. The minimum absolute atomic E-state index is 0.0475. The molecule has 0 saturated carbocycles. The topological polar surface area (TPSA) is 49.4 Å². The smallest absolute Gasteiger partial charge is 0.416 e. The molecule has 12 heteroatoms. The van der Waals surface area contributed by atoms with Gasteiger partial charge in [0.15, 0.2) is 5.11 Å². The largest absolute Gasteiger partial charge is 0.497 e. The molecule has 41 heavy (non-hydrogen) atoms. The van der Waals surface area contributed by atoms with Crippen LogP contribution in [0.3, 0.4) is 0 Å². The van der Waals surface area contributed by atoms with Crippen LogP contribution in [0, 0.1) is 11.8 Å². The van der Waals surface area contributed by atoms with Crippen molar-refractivity contribution in [2.24, 2.45) is 11.8 Å². The number of halogens is 6. The molecule has 3 aromatic rings. The van der Waals surface area contributed by atoms with Crippen molar-refractivity contribution in [3.05, 3.63) is 78.0 Å². The van der Waals surface area contributed by atoms with Gasteiger partial charge in [0.25, 0.3) is 0 Å². The minimum Gasteiger partial charge on any atom is -0.497 e. The van der Waals surface area contributed by atoms with Crippen LogP contribution in [-0.2, 0) is 12.4 Å². The van der Waals surface area contributed by atoms with E-state index in [2.05, 4.69) is 27.1 Å². The lowest BCUT2D eigenvalue weighted by Gasteiger charge is -2.52. The summed E-state index contributed by atoms with van der Waals surface area (Å²) in [6, 6.07) is 8.15. The summed E-state index contributed by atoms with van der Waals surface area (Å²) >= 11 is 5.50. The van der Waals surface area contributed by atoms with Crippen LogP contribution in [0.15, 0.2) is 61.3 Å². The molecule has 3 saturated heterocycles. The third-order valence-corrected chi connectivity index (χ3v) is 8.21. The van der Waals surface area contributed by atoms with E-state index in [0.29, 0.717) is 35.2 Å². The molecule has 1 aromatic heterocycles. The Kier molecular flexibility index (Phi) is 7.90. The van der Waals surface area contributed by atoms with E-state index in [1.54, 1.807) is 19.4 Å². The predicted molar refractivity (Wildman–Crippen MR) is 149 cm³/mol. The second-order valence-electron chi connectivity index (χ2n) is 10.4. The number of benzene rings is 2. The highest BCUT2D eigenvalue weighted by atomic mass is 32.1. The Morgan fingerprint density at radius 3 is 2.39 bits per heavy atom. The van der Waals surface area contributed by atoms with Crippen LogP contribution in [0.25, 0.3) is 10.9 Å². The zero-order valence-electron chi connectivity index (χ0n) is 22.0. The van der Waals surface area contributed by atoms with Crippen LogP contribution in [-0.4, -0.2) is 41.2 Å². The number of pyridine rings is 1. The van der Waals surface area contributed by atoms with Gasteiger partial charge in [0.1, 0.15) is 5.75 Å². The first-order valence-electron chi connectivity index (χ1n) is 13.0. The molecule has 218 valence electrons. The van der Waals surface area contributed by atoms with E-state index < -0.39 is 35.2 Å². The monoisotopic (exact) mass is 594 g/mol. The van der Waals surface area contributed by atoms with Gasteiger partial charge in [-0.05, 0) is 91.5 Å². The van der Waals surface area contributed by atoms with Crippen LogP contribution < -0.4 is 15.4 Å². The number of anilines is 1. The third kappa shape index (κ3) is 6.13. The molecule has 3 fully saturated rings. The molecule has 0 amide bonds. The van der Waals surface area contributed by atoms with Gasteiger partial charge >= 0.3 is 12.4 Å². The van der Waals surface area contributed by atoms with Crippen molar-refractivity contribution < 1.29 is 31.1 Å². The highest BCUT2D eigenvalue weighted by molar-refractivity contribution is 7.80. The van der Waals surface area contributed by atoms with Gasteiger partial charge < -0.3 is 15.4 Å². The molecule has 5 nitrogen and oxygen atoms in total. The van der Waals surface area contributed by atoms with E-state index in [1.807, 2.05) is 24.3 Å². The lowest BCUT2D eigenvalue weighted by atomic mass is 9.73. The maximum absolute atomic E-state index is 13.4. The zero-order chi connectivity index (χ0) is 29.5. The Bertz CT molecular complexity index is 1430. The normalized spacial score (nSPS) is 23.2. The van der Waals surface area contributed by atoms with Crippen molar-refractivity contribution in [3.8, 4) is 5.75 Å². The molecule has 2 N–H and O–H groups in total. The summed E-state index contributed by atoms with van der Waals surface area (Å²) in [5, 5.41) is 6.52. The van der Waals surface area contributed by atoms with Crippen molar-refractivity contribution >= 4 is 33.9 Å². The van der Waals surface area contributed by atoms with E-state index in [-0.39, 0.29) is 17.2 Å². The number of methoxy groups -OCH3 is 1. The average molecular weight is 595 g/mol. The van der Waals surface area contributed by atoms with Crippen molar-refractivity contribution in [3.63, 3.8) is 0 Å². The Balaban J connectivity index is 1.51. The van der Waals surface area contributed by atoms with Crippen LogP contribution >= 0.6 is 12.2 Å². The SMILES string of the molecule is C=C[C@@H]1CN2CC[C@H]1C[C@H]2[C@H](NC(=S)Nc1cc(C(F)(F)F)cc(C(F)(F)F)c1)c1ccnc2ccc(OC)cc12. The van der Waals surface area contributed by atoms with E-state index >= 15 is 0 Å². The summed E-state index contributed by atoms with van der Waals surface area (Å²) in [5.41, 5.74) is -1.71. The molecule has 2 bridgehead atoms. The second-order valence-corrected chi connectivity index (χ2v) is 10.8. The van der Waals surface area contributed by atoms with Crippen molar-refractivity contribution in [1.82, 2.24) is 15.2 Å². The van der Waals surface area contributed by atoms with Gasteiger partial charge in [0.05, 0.1) is 29.8 Å². The molecule has 4 heterocycles. The Morgan fingerprint density at radius 1 is 1.10 bits per heavy atom. The zero-order valence-corrected chi connectivity index (χ0v) is 22.8. The van der Waals surface area contributed by atoms with E-state index in [1.165, 1.54) is 0 Å². The number of rotatable bonds is 6. The number of ether oxygens (including phenoxy) is 1. The van der Waals surface area contributed by atoms with Gasteiger partial charge in [-0.1, -0.05) is 6.08 Å². The van der Waals surface area contributed by atoms with Crippen LogP contribution in [0.2, 0.25) is 0 Å². The van der Waals surface area contributed by atoms with Gasteiger partial charge in [0, 0.05) is 29.9 Å². The maximum atomic E-state index is 13.4. The highest BCUT2D eigenvalue weighted by Crippen LogP contribution is 2.43. The van der Waals surface area contributed by atoms with Gasteiger partial charge in [0.2, 0.25) is 0 Å². The molecule has 6 rings (SSSR count). The molecular formula is C29H28F6N4OS. The fraction of sp³-hybridized carbons (Fsp3) is 0.379. The van der Waals surface area contributed by atoms with Crippen LogP contribution in [0.1, 0.15) is 35.6 Å². The highest BCUT2D eigenvalue weighted by Gasteiger charge is 2.43. The van der Waals surface area contributed by atoms with Crippen molar-refractivity contribution in [1.29, 1.82) is 0 Å². The second kappa shape index (κ2) is 11.1. The first-order valence-corrected chi connectivity index (χ1v) is 13.4. The fourth-order valence-electron chi connectivity index (χ4n) is 5.99. The van der Waals surface area contributed by atoms with Crippen molar-refractivity contribution in [2.45, 2.75) is 37.3 Å². The van der Waals surface area contributed by atoms with Gasteiger partial charge in [-0.3, -0.25) is 9.88 Å². The molecule has 0 aliphatic carbocycles. The Hall–Kier alpha value is -3.38. The quantitative estimate of drug-likeness (QED) is 0.179. The van der Waals surface area contributed by atoms with Crippen molar-refractivity contribution in [2.75, 3.05) is 25.5 Å². The lowest BCUT2D eigenvalue weighted by molar-refractivity contribution is -0.143. The molecule has 3 aliphatic rings. The molecule has 1 unspecified atom stereocenters. The van der Waals surface area contributed by atoms with E-state index in [4.69, 9.17) is 17.0 Å². The molecule has 0 radical (unpaired) electrons. The number of nitrogens with zero attached hydrogens (tertiary/aromatic N) is 2. The average Bonchev–Trinajstić information content (AvgIpc) is 2.94. The number of aromatic nitrogens is 1. The number of thiocarbonyl (C=S) groups is 1. The maximum Gasteiger partial charge on any atom is 0.416 e. The number of alkyl halides is 6. The van der Waals surface area contributed by atoms with Gasteiger partial charge in [-0.15, -0.1) is 6.58 Å². The summed E-state index contributed by atoms with van der Waals surface area (Å²) in [7, 11) is 1.55. The fourth-order valence-corrected chi connectivity index (χ4v) is 6.23. The molecule has 5 atom stereocenters. The molecule has 3 aliphatic heterocycles. The van der Waals surface area contributed by atoms with Crippen LogP contribution in [0.4, 0.5) is 32.0 Å². The predicted octanol–water partition coefficient (Wildman–Crippen LogP) is 7.21. The molecule has 0 spiro atoms. The first-order chi connectivity index (χ1) is 19.4.